The maximum Gasteiger partial charge on any atom is 0.290 e. The molecule has 1 saturated heterocycles. The molecule has 1 aromatic heterocycles. The van der Waals surface area contributed by atoms with Gasteiger partial charge in [-0.3, -0.25) is 14.5 Å². The molecule has 25 heavy (non-hydrogen) atoms. The third-order valence-electron chi connectivity index (χ3n) is 4.84. The minimum atomic E-state index is -0.718. The first-order valence-corrected chi connectivity index (χ1v) is 8.39. The van der Waals surface area contributed by atoms with Crippen LogP contribution in [0.1, 0.15) is 41.0 Å². The first-order valence-electron chi connectivity index (χ1n) is 8.39. The Kier molecular flexibility index (Phi) is 3.96. The van der Waals surface area contributed by atoms with Gasteiger partial charge in [-0.25, -0.2) is 0 Å². The third-order valence-corrected chi connectivity index (χ3v) is 4.84. The fraction of sp³-hybridized carbons (Fsp3) is 0.412. The summed E-state index contributed by atoms with van der Waals surface area (Å²) in [6.07, 6.45) is 2.63. The highest BCUT2D eigenvalue weighted by Crippen LogP contribution is 2.32. The number of anilines is 1. The summed E-state index contributed by atoms with van der Waals surface area (Å²) in [6, 6.07) is 7.84. The van der Waals surface area contributed by atoms with E-state index in [4.69, 9.17) is 10.3 Å². The molecule has 130 valence electrons. The minimum absolute atomic E-state index is 0.0616. The van der Waals surface area contributed by atoms with Crippen molar-refractivity contribution in [3.05, 3.63) is 41.5 Å². The van der Waals surface area contributed by atoms with E-state index in [2.05, 4.69) is 16.2 Å². The van der Waals surface area contributed by atoms with Crippen LogP contribution in [0.4, 0.5) is 5.69 Å². The smallest absolute Gasteiger partial charge is 0.290 e. The number of fused-ring (bicyclic) bond motifs is 1. The molecule has 2 amide bonds. The van der Waals surface area contributed by atoms with E-state index >= 15 is 0 Å². The number of para-hydroxylation sites is 1. The molecule has 2 aliphatic rings. The van der Waals surface area contributed by atoms with Crippen molar-refractivity contribution in [2.45, 2.75) is 25.3 Å². The molecule has 8 nitrogen and oxygen atoms in total. The fourth-order valence-corrected chi connectivity index (χ4v) is 3.62. The van der Waals surface area contributed by atoms with Gasteiger partial charge in [0.2, 0.25) is 11.8 Å². The summed E-state index contributed by atoms with van der Waals surface area (Å²) in [4.78, 5) is 31.9. The molecule has 0 spiro atoms. The number of benzene rings is 1. The predicted octanol–water partition coefficient (Wildman–Crippen LogP) is 0.895. The molecule has 1 fully saturated rings. The number of nitrogens with zero attached hydrogens (tertiary/aromatic N) is 4. The van der Waals surface area contributed by atoms with Crippen LogP contribution in [0.3, 0.4) is 0 Å². The Balaban J connectivity index is 1.48. The van der Waals surface area contributed by atoms with Gasteiger partial charge in [0.25, 0.3) is 11.7 Å². The molecule has 2 aromatic rings. The number of hydrogen-bond donors (Lipinski definition) is 1. The lowest BCUT2D eigenvalue weighted by Crippen LogP contribution is -2.39. The number of amides is 2. The second-order valence-corrected chi connectivity index (χ2v) is 6.37. The largest absolute Gasteiger partial charge is 0.363 e. The van der Waals surface area contributed by atoms with Crippen LogP contribution >= 0.6 is 0 Å². The predicted molar refractivity (Wildman–Crippen MR) is 88.9 cm³/mol. The van der Waals surface area contributed by atoms with E-state index in [1.807, 2.05) is 28.0 Å². The van der Waals surface area contributed by atoms with Crippen molar-refractivity contribution in [3.63, 3.8) is 0 Å². The second kappa shape index (κ2) is 6.29. The summed E-state index contributed by atoms with van der Waals surface area (Å²) in [5.74, 6) is -0.432. The van der Waals surface area contributed by atoms with Crippen molar-refractivity contribution in [2.75, 3.05) is 24.5 Å². The Labute approximate surface area is 144 Å². The molecule has 1 atom stereocenters. The van der Waals surface area contributed by atoms with E-state index in [1.165, 1.54) is 5.56 Å². The molecule has 0 aliphatic carbocycles. The molecule has 1 aromatic carbocycles. The standard InChI is InChI=1S/C17H19N5O3/c18-15(24)16-19-17(25-20-16)13-6-3-8-21(13)10-14(23)22-9-7-11-4-1-2-5-12(11)22/h1-2,4-5,13H,3,6-10H2,(H2,18,24)/t13-/m0/s1. The zero-order valence-electron chi connectivity index (χ0n) is 13.7. The Hall–Kier alpha value is -2.74. The summed E-state index contributed by atoms with van der Waals surface area (Å²) in [5, 5.41) is 3.60. The SMILES string of the molecule is NC(=O)c1noc([C@@H]2CCCN2CC(=O)N2CCc3ccccc32)n1. The van der Waals surface area contributed by atoms with Gasteiger partial charge >= 0.3 is 0 Å². The molecule has 0 unspecified atom stereocenters. The first kappa shape index (κ1) is 15.8. The summed E-state index contributed by atoms with van der Waals surface area (Å²) >= 11 is 0. The number of primary amides is 1. The lowest BCUT2D eigenvalue weighted by molar-refractivity contribution is -0.120. The number of nitrogens with two attached hydrogens (primary N) is 1. The lowest BCUT2D eigenvalue weighted by atomic mass is 10.2. The second-order valence-electron chi connectivity index (χ2n) is 6.37. The van der Waals surface area contributed by atoms with Crippen LogP contribution in [-0.4, -0.2) is 46.5 Å². The van der Waals surface area contributed by atoms with Crippen molar-refractivity contribution < 1.29 is 14.1 Å². The molecule has 3 heterocycles. The number of carbonyl (C=O) groups excluding carboxylic acids is 2. The van der Waals surface area contributed by atoms with Crippen LogP contribution in [0.25, 0.3) is 0 Å². The highest BCUT2D eigenvalue weighted by atomic mass is 16.5. The van der Waals surface area contributed by atoms with Gasteiger partial charge < -0.3 is 15.2 Å². The van der Waals surface area contributed by atoms with Crippen molar-refractivity contribution >= 4 is 17.5 Å². The Morgan fingerprint density at radius 1 is 1.28 bits per heavy atom. The van der Waals surface area contributed by atoms with E-state index in [9.17, 15) is 9.59 Å². The van der Waals surface area contributed by atoms with Gasteiger partial charge in [-0.2, -0.15) is 4.98 Å². The molecule has 2 aliphatic heterocycles. The average Bonchev–Trinajstić information content (AvgIpc) is 3.33. The van der Waals surface area contributed by atoms with Gasteiger partial charge in [-0.05, 0) is 37.4 Å². The number of carbonyl (C=O) groups is 2. The third kappa shape index (κ3) is 2.89. The number of rotatable bonds is 4. The normalized spacial score (nSPS) is 20.0. The summed E-state index contributed by atoms with van der Waals surface area (Å²) in [7, 11) is 0. The number of aromatic nitrogens is 2. The summed E-state index contributed by atoms with van der Waals surface area (Å²) in [5.41, 5.74) is 7.37. The first-order chi connectivity index (χ1) is 12.1. The van der Waals surface area contributed by atoms with Crippen LogP contribution in [-0.2, 0) is 11.2 Å². The molecule has 2 N–H and O–H groups in total. The van der Waals surface area contributed by atoms with Crippen LogP contribution in [0.15, 0.2) is 28.8 Å². The zero-order chi connectivity index (χ0) is 17.4. The quantitative estimate of drug-likeness (QED) is 0.885. The van der Waals surface area contributed by atoms with Crippen LogP contribution < -0.4 is 10.6 Å². The topological polar surface area (TPSA) is 106 Å². The molecular formula is C17H19N5O3. The molecule has 0 bridgehead atoms. The van der Waals surface area contributed by atoms with Crippen molar-refractivity contribution in [1.82, 2.24) is 15.0 Å². The van der Waals surface area contributed by atoms with Crippen molar-refractivity contribution in [3.8, 4) is 0 Å². The number of likely N-dealkylation sites (tertiary alicyclic amines) is 1. The Morgan fingerprint density at radius 2 is 2.12 bits per heavy atom. The van der Waals surface area contributed by atoms with E-state index in [1.54, 1.807) is 0 Å². The Morgan fingerprint density at radius 3 is 2.92 bits per heavy atom. The maximum atomic E-state index is 12.8. The molecule has 4 rings (SSSR count). The van der Waals surface area contributed by atoms with Gasteiger partial charge in [-0.1, -0.05) is 23.4 Å². The zero-order valence-corrected chi connectivity index (χ0v) is 13.7. The van der Waals surface area contributed by atoms with E-state index in [0.29, 0.717) is 12.4 Å². The van der Waals surface area contributed by atoms with Crippen LogP contribution in [0, 0.1) is 0 Å². The van der Waals surface area contributed by atoms with Gasteiger partial charge in [0.05, 0.1) is 12.6 Å². The average molecular weight is 341 g/mol. The van der Waals surface area contributed by atoms with Gasteiger partial charge in [-0.15, -0.1) is 0 Å². The fourth-order valence-electron chi connectivity index (χ4n) is 3.62. The van der Waals surface area contributed by atoms with Crippen molar-refractivity contribution in [2.24, 2.45) is 5.73 Å². The van der Waals surface area contributed by atoms with E-state index < -0.39 is 5.91 Å². The highest BCUT2D eigenvalue weighted by molar-refractivity contribution is 5.96. The molecule has 0 saturated carbocycles. The molecule has 8 heteroatoms. The van der Waals surface area contributed by atoms with Gasteiger partial charge in [0, 0.05) is 12.2 Å². The van der Waals surface area contributed by atoms with Crippen molar-refractivity contribution in [1.29, 1.82) is 0 Å². The maximum absolute atomic E-state index is 12.8. The van der Waals surface area contributed by atoms with E-state index in [-0.39, 0.29) is 24.3 Å². The monoisotopic (exact) mass is 341 g/mol. The Bertz CT molecular complexity index is 818. The minimum Gasteiger partial charge on any atom is -0.363 e. The summed E-state index contributed by atoms with van der Waals surface area (Å²) < 4.78 is 5.17. The molecular weight excluding hydrogens is 322 g/mol. The highest BCUT2D eigenvalue weighted by Gasteiger charge is 2.34. The van der Waals surface area contributed by atoms with Gasteiger partial charge in [0.15, 0.2) is 0 Å². The van der Waals surface area contributed by atoms with Gasteiger partial charge in [0.1, 0.15) is 0 Å². The molecule has 0 radical (unpaired) electrons. The number of hydrogen-bond acceptors (Lipinski definition) is 6. The lowest BCUT2D eigenvalue weighted by Gasteiger charge is -2.24. The van der Waals surface area contributed by atoms with Crippen LogP contribution in [0.5, 0.6) is 0 Å². The summed E-state index contributed by atoms with van der Waals surface area (Å²) in [6.45, 7) is 1.77. The van der Waals surface area contributed by atoms with E-state index in [0.717, 1.165) is 31.5 Å². The van der Waals surface area contributed by atoms with Crippen LogP contribution in [0.2, 0.25) is 0 Å².